The van der Waals surface area contributed by atoms with Gasteiger partial charge in [0.1, 0.15) is 0 Å². The molecule has 0 bridgehead atoms. The van der Waals surface area contributed by atoms with Crippen molar-refractivity contribution in [1.29, 1.82) is 0 Å². The van der Waals surface area contributed by atoms with Crippen molar-refractivity contribution in [1.82, 2.24) is 4.72 Å². The molecule has 1 aliphatic rings. The zero-order valence-corrected chi connectivity index (χ0v) is 14.4. The molecule has 0 unspecified atom stereocenters. The first-order chi connectivity index (χ1) is 9.73. The van der Waals surface area contributed by atoms with Gasteiger partial charge in [-0.05, 0) is 37.5 Å². The number of benzene rings is 1. The van der Waals surface area contributed by atoms with Crippen LogP contribution in [0, 0.1) is 6.92 Å². The first-order valence-electron chi connectivity index (χ1n) is 7.01. The van der Waals surface area contributed by atoms with Crippen molar-refractivity contribution < 1.29 is 13.5 Å². The zero-order chi connectivity index (χ0) is 15.7. The number of hydrogen-bond acceptors (Lipinski definition) is 4. The molecule has 4 N–H and O–H groups in total. The van der Waals surface area contributed by atoms with Crippen LogP contribution in [0.1, 0.15) is 37.7 Å². The highest BCUT2D eigenvalue weighted by Gasteiger charge is 2.31. The Balaban J connectivity index is 2.19. The maximum atomic E-state index is 12.4. The average molecular weight is 377 g/mol. The molecule has 1 aliphatic carbocycles. The molecule has 2 rings (SSSR count). The van der Waals surface area contributed by atoms with Crippen molar-refractivity contribution in [3.63, 3.8) is 0 Å². The Hall–Kier alpha value is -0.630. The van der Waals surface area contributed by atoms with Crippen LogP contribution in [0.15, 0.2) is 21.5 Å². The number of sulfonamides is 1. The van der Waals surface area contributed by atoms with E-state index in [0.717, 1.165) is 19.3 Å². The van der Waals surface area contributed by atoms with Crippen LogP contribution in [-0.2, 0) is 10.0 Å². The summed E-state index contributed by atoms with van der Waals surface area (Å²) < 4.78 is 28.0. The molecule has 1 fully saturated rings. The number of nitrogens with one attached hydrogen (secondary N) is 1. The third kappa shape index (κ3) is 3.97. The fourth-order valence-electron chi connectivity index (χ4n) is 2.65. The molecule has 118 valence electrons. The van der Waals surface area contributed by atoms with E-state index in [2.05, 4.69) is 20.7 Å². The van der Waals surface area contributed by atoms with E-state index in [9.17, 15) is 13.5 Å². The van der Waals surface area contributed by atoms with E-state index in [1.54, 1.807) is 13.0 Å². The van der Waals surface area contributed by atoms with E-state index in [4.69, 9.17) is 5.73 Å². The molecule has 1 aromatic rings. The summed E-state index contributed by atoms with van der Waals surface area (Å²) in [6, 6.07) is 3.20. The standard InChI is InChI=1S/C14H21BrN2O3S/c1-10-12(16)7-11(15)8-13(10)21(19,20)17-9-14(18)5-3-2-4-6-14/h7-8,17-18H,2-6,9,16H2,1H3. The first-order valence-corrected chi connectivity index (χ1v) is 9.29. The van der Waals surface area contributed by atoms with Gasteiger partial charge in [0.2, 0.25) is 10.0 Å². The Morgan fingerprint density at radius 3 is 2.57 bits per heavy atom. The van der Waals surface area contributed by atoms with Gasteiger partial charge in [-0.3, -0.25) is 0 Å². The van der Waals surface area contributed by atoms with Crippen LogP contribution in [0.4, 0.5) is 5.69 Å². The molecular formula is C14H21BrN2O3S. The summed E-state index contributed by atoms with van der Waals surface area (Å²) in [5.74, 6) is 0. The molecule has 21 heavy (non-hydrogen) atoms. The lowest BCUT2D eigenvalue weighted by atomic mass is 9.85. The van der Waals surface area contributed by atoms with Gasteiger partial charge < -0.3 is 10.8 Å². The third-order valence-electron chi connectivity index (χ3n) is 4.03. The number of nitrogens with two attached hydrogens (primary N) is 1. The molecule has 0 aliphatic heterocycles. The minimum Gasteiger partial charge on any atom is -0.398 e. The van der Waals surface area contributed by atoms with Crippen molar-refractivity contribution in [2.75, 3.05) is 12.3 Å². The summed E-state index contributed by atoms with van der Waals surface area (Å²) in [6.07, 6.45) is 4.22. The highest BCUT2D eigenvalue weighted by molar-refractivity contribution is 9.10. The first kappa shape index (κ1) is 16.7. The number of nitrogen functional groups attached to an aromatic ring is 1. The van der Waals surface area contributed by atoms with Crippen molar-refractivity contribution in [3.05, 3.63) is 22.2 Å². The number of hydrogen-bond donors (Lipinski definition) is 3. The number of rotatable bonds is 4. The molecule has 0 amide bonds. The van der Waals surface area contributed by atoms with Crippen LogP contribution in [0.3, 0.4) is 0 Å². The van der Waals surface area contributed by atoms with Gasteiger partial charge in [0.25, 0.3) is 0 Å². The maximum absolute atomic E-state index is 12.4. The van der Waals surface area contributed by atoms with Gasteiger partial charge >= 0.3 is 0 Å². The smallest absolute Gasteiger partial charge is 0.241 e. The van der Waals surface area contributed by atoms with Gasteiger partial charge in [-0.2, -0.15) is 0 Å². The molecule has 0 atom stereocenters. The Morgan fingerprint density at radius 2 is 1.95 bits per heavy atom. The van der Waals surface area contributed by atoms with Gasteiger partial charge in [0.05, 0.1) is 10.5 Å². The monoisotopic (exact) mass is 376 g/mol. The van der Waals surface area contributed by atoms with Crippen molar-refractivity contribution in [3.8, 4) is 0 Å². The molecule has 1 saturated carbocycles. The highest BCUT2D eigenvalue weighted by atomic mass is 79.9. The summed E-state index contributed by atoms with van der Waals surface area (Å²) >= 11 is 3.26. The number of aliphatic hydroxyl groups is 1. The van der Waals surface area contributed by atoms with Crippen LogP contribution in [0.2, 0.25) is 0 Å². The summed E-state index contributed by atoms with van der Waals surface area (Å²) in [6.45, 7) is 1.72. The van der Waals surface area contributed by atoms with Gasteiger partial charge in [0.15, 0.2) is 0 Å². The predicted molar refractivity (Wildman–Crippen MR) is 86.5 cm³/mol. The maximum Gasteiger partial charge on any atom is 0.241 e. The normalized spacial score (nSPS) is 18.6. The van der Waals surface area contributed by atoms with Crippen LogP contribution >= 0.6 is 15.9 Å². The second-order valence-corrected chi connectivity index (χ2v) is 8.38. The van der Waals surface area contributed by atoms with Gasteiger partial charge in [-0.1, -0.05) is 35.2 Å². The fourth-order valence-corrected chi connectivity index (χ4v) is 4.69. The number of halogens is 1. The largest absolute Gasteiger partial charge is 0.398 e. The van der Waals surface area contributed by atoms with Crippen molar-refractivity contribution in [2.45, 2.75) is 49.5 Å². The molecule has 0 aromatic heterocycles. The molecule has 5 nitrogen and oxygen atoms in total. The third-order valence-corrected chi connectivity index (χ3v) is 6.02. The molecule has 7 heteroatoms. The van der Waals surface area contributed by atoms with Gasteiger partial charge in [-0.15, -0.1) is 0 Å². The number of anilines is 1. The summed E-state index contributed by atoms with van der Waals surface area (Å²) in [5.41, 5.74) is 5.81. The van der Waals surface area contributed by atoms with Crippen molar-refractivity contribution >= 4 is 31.6 Å². The Kier molecular flexibility index (Phi) is 4.97. The van der Waals surface area contributed by atoms with Crippen LogP contribution in [-0.4, -0.2) is 25.7 Å². The second kappa shape index (κ2) is 6.24. The van der Waals surface area contributed by atoms with Crippen LogP contribution in [0.5, 0.6) is 0 Å². The molecule has 0 radical (unpaired) electrons. The van der Waals surface area contributed by atoms with E-state index in [1.165, 1.54) is 6.07 Å². The average Bonchev–Trinajstić information content (AvgIpc) is 2.42. The van der Waals surface area contributed by atoms with E-state index in [-0.39, 0.29) is 11.4 Å². The quantitative estimate of drug-likeness (QED) is 0.702. The Bertz CT molecular complexity index is 625. The Morgan fingerprint density at radius 1 is 1.33 bits per heavy atom. The van der Waals surface area contributed by atoms with Crippen molar-refractivity contribution in [2.24, 2.45) is 0 Å². The minimum atomic E-state index is -3.69. The second-order valence-electron chi connectivity index (χ2n) is 5.73. The lowest BCUT2D eigenvalue weighted by Gasteiger charge is -2.32. The molecule has 1 aromatic carbocycles. The molecule has 0 spiro atoms. The van der Waals surface area contributed by atoms with Crippen LogP contribution in [0.25, 0.3) is 0 Å². The summed E-state index contributed by atoms with van der Waals surface area (Å²) in [5, 5.41) is 10.4. The topological polar surface area (TPSA) is 92.4 Å². The van der Waals surface area contributed by atoms with Gasteiger partial charge in [0, 0.05) is 16.7 Å². The molecule has 0 heterocycles. The van der Waals surface area contributed by atoms with Gasteiger partial charge in [-0.25, -0.2) is 13.1 Å². The fraction of sp³-hybridized carbons (Fsp3) is 0.571. The lowest BCUT2D eigenvalue weighted by Crippen LogP contribution is -2.44. The van der Waals surface area contributed by atoms with E-state index in [0.29, 0.717) is 28.6 Å². The molecular weight excluding hydrogens is 356 g/mol. The highest BCUT2D eigenvalue weighted by Crippen LogP contribution is 2.29. The van der Waals surface area contributed by atoms with Crippen LogP contribution < -0.4 is 10.5 Å². The zero-order valence-electron chi connectivity index (χ0n) is 12.0. The summed E-state index contributed by atoms with van der Waals surface area (Å²) in [4.78, 5) is 0.147. The van der Waals surface area contributed by atoms with E-state index in [1.807, 2.05) is 0 Å². The Labute approximate surface area is 134 Å². The lowest BCUT2D eigenvalue weighted by molar-refractivity contribution is 0.00945. The minimum absolute atomic E-state index is 0.0428. The van der Waals surface area contributed by atoms with E-state index < -0.39 is 15.6 Å². The molecule has 0 saturated heterocycles. The summed E-state index contributed by atoms with van der Waals surface area (Å²) in [7, 11) is -3.69. The SMILES string of the molecule is Cc1c(N)cc(Br)cc1S(=O)(=O)NCC1(O)CCCCC1. The predicted octanol–water partition coefficient (Wildman–Crippen LogP) is 2.31. The van der Waals surface area contributed by atoms with E-state index >= 15 is 0 Å².